The molecule has 1 atom stereocenters. The number of hydrogen-bond acceptors (Lipinski definition) is 5. The molecule has 0 aliphatic carbocycles. The second-order valence-electron chi connectivity index (χ2n) is 6.85. The van der Waals surface area contributed by atoms with Crippen LogP contribution in [0, 0.1) is 0 Å². The molecule has 0 bridgehead atoms. The Labute approximate surface area is 133 Å². The van der Waals surface area contributed by atoms with Gasteiger partial charge >= 0.3 is 7.82 Å². The van der Waals surface area contributed by atoms with Gasteiger partial charge in [0, 0.05) is 19.5 Å². The van der Waals surface area contributed by atoms with Crippen molar-refractivity contribution in [3.63, 3.8) is 0 Å². The molecule has 134 valence electrons. The first-order valence-corrected chi connectivity index (χ1v) is 8.93. The Kier molecular flexibility index (Phi) is 8.68. The Morgan fingerprint density at radius 3 is 2.23 bits per heavy atom. The maximum absolute atomic E-state index is 10.6. The maximum atomic E-state index is 10.6. The molecule has 0 radical (unpaired) electrons. The number of hydrogen-bond donors (Lipinski definition) is 4. The van der Waals surface area contributed by atoms with Gasteiger partial charge in [-0.2, -0.15) is 0 Å². The average molecular weight is 343 g/mol. The number of quaternary nitrogens is 1. The van der Waals surface area contributed by atoms with Gasteiger partial charge in [0.05, 0.1) is 26.7 Å². The van der Waals surface area contributed by atoms with E-state index in [-0.39, 0.29) is 6.61 Å². The highest BCUT2D eigenvalue weighted by molar-refractivity contribution is 7.46. The fourth-order valence-corrected chi connectivity index (χ4v) is 2.43. The summed E-state index contributed by atoms with van der Waals surface area (Å²) in [4.78, 5) is 19.1. The van der Waals surface area contributed by atoms with Crippen molar-refractivity contribution in [3.05, 3.63) is 0 Å². The van der Waals surface area contributed by atoms with E-state index >= 15 is 0 Å². The molecule has 0 fully saturated rings. The summed E-state index contributed by atoms with van der Waals surface area (Å²) in [7, 11) is -0.509. The second kappa shape index (κ2) is 8.70. The first kappa shape index (κ1) is 21.9. The minimum absolute atomic E-state index is 0.0137. The Balaban J connectivity index is 4.25. The van der Waals surface area contributed by atoms with Gasteiger partial charge in [0.25, 0.3) is 0 Å². The molecule has 0 rings (SSSR count). The summed E-state index contributed by atoms with van der Waals surface area (Å²) in [5.74, 6) is 0. The van der Waals surface area contributed by atoms with Gasteiger partial charge in [-0.3, -0.25) is 9.42 Å². The third-order valence-electron chi connectivity index (χ3n) is 3.41. The van der Waals surface area contributed by atoms with Gasteiger partial charge in [-0.15, -0.1) is 0 Å². The summed E-state index contributed by atoms with van der Waals surface area (Å²) < 4.78 is 15.7. The van der Waals surface area contributed by atoms with Crippen LogP contribution in [0.5, 0.6) is 0 Å². The summed E-state index contributed by atoms with van der Waals surface area (Å²) in [5, 5.41) is 19.6. The monoisotopic (exact) mass is 343 g/mol. The van der Waals surface area contributed by atoms with E-state index in [1.165, 1.54) is 0 Å². The molecule has 0 heterocycles. The van der Waals surface area contributed by atoms with E-state index in [0.29, 0.717) is 24.1 Å². The molecule has 0 aromatic carbocycles. The molecule has 0 aromatic rings. The summed E-state index contributed by atoms with van der Waals surface area (Å²) in [6, 6.07) is 0. The number of aliphatic hydroxyl groups excluding tert-OH is 1. The van der Waals surface area contributed by atoms with E-state index < -0.39 is 19.7 Å². The number of likely N-dealkylation sites (N-methyl/N-ethyl adjacent to an activating group) is 1. The van der Waals surface area contributed by atoms with Crippen LogP contribution in [0.2, 0.25) is 0 Å². The lowest BCUT2D eigenvalue weighted by Gasteiger charge is -2.36. The van der Waals surface area contributed by atoms with E-state index in [1.807, 2.05) is 19.0 Å². The summed E-state index contributed by atoms with van der Waals surface area (Å²) >= 11 is 0. The molecule has 0 saturated carbocycles. The molecule has 8 nitrogen and oxygen atoms in total. The second-order valence-corrected chi connectivity index (χ2v) is 8.09. The zero-order valence-corrected chi connectivity index (χ0v) is 15.2. The standard InChI is InChI=1S/C13H31N2O6P/c1-12(16)11-14(13(2,3)17)7-6-8-15(4,5)9-10-21-22(18,19)20/h12,16-17H,6-11H2,1-5H3,(H-,18,19,20)/p+1. The minimum atomic E-state index is -4.41. The number of nitrogens with zero attached hydrogens (tertiary/aromatic N) is 2. The van der Waals surface area contributed by atoms with Crippen molar-refractivity contribution in [2.75, 3.05) is 46.9 Å². The van der Waals surface area contributed by atoms with Gasteiger partial charge in [0.1, 0.15) is 18.9 Å². The highest BCUT2D eigenvalue weighted by atomic mass is 31.2. The molecule has 22 heavy (non-hydrogen) atoms. The van der Waals surface area contributed by atoms with Crippen LogP contribution < -0.4 is 0 Å². The van der Waals surface area contributed by atoms with Crippen LogP contribution >= 0.6 is 7.82 Å². The molecule has 0 spiro atoms. The average Bonchev–Trinajstić information content (AvgIpc) is 2.23. The molecule has 4 N–H and O–H groups in total. The van der Waals surface area contributed by atoms with Gasteiger partial charge in [-0.1, -0.05) is 0 Å². The van der Waals surface area contributed by atoms with Crippen LogP contribution in [0.25, 0.3) is 0 Å². The van der Waals surface area contributed by atoms with Crippen molar-refractivity contribution in [3.8, 4) is 0 Å². The van der Waals surface area contributed by atoms with Gasteiger partial charge in [0.2, 0.25) is 0 Å². The molecule has 0 amide bonds. The molecule has 1 unspecified atom stereocenters. The van der Waals surface area contributed by atoms with Crippen molar-refractivity contribution >= 4 is 7.82 Å². The zero-order chi connectivity index (χ0) is 17.6. The lowest BCUT2D eigenvalue weighted by atomic mass is 10.2. The lowest BCUT2D eigenvalue weighted by Crippen LogP contribution is -2.49. The number of rotatable bonds is 11. The predicted molar refractivity (Wildman–Crippen MR) is 84.0 cm³/mol. The highest BCUT2D eigenvalue weighted by Crippen LogP contribution is 2.35. The number of phosphoric ester groups is 1. The first-order valence-electron chi connectivity index (χ1n) is 7.40. The van der Waals surface area contributed by atoms with Gasteiger partial charge in [-0.25, -0.2) is 4.57 Å². The summed E-state index contributed by atoms with van der Waals surface area (Å²) in [6.07, 6.45) is 0.255. The van der Waals surface area contributed by atoms with E-state index in [0.717, 1.165) is 13.0 Å². The van der Waals surface area contributed by atoms with Crippen molar-refractivity contribution in [2.45, 2.75) is 39.0 Å². The smallest absolute Gasteiger partial charge is 0.392 e. The first-order chi connectivity index (χ1) is 9.73. The molecule has 0 saturated heterocycles. The van der Waals surface area contributed by atoms with Crippen molar-refractivity contribution in [1.29, 1.82) is 0 Å². The Hall–Kier alpha value is -0.0500. The highest BCUT2D eigenvalue weighted by Gasteiger charge is 2.25. The quantitative estimate of drug-likeness (QED) is 0.237. The Morgan fingerprint density at radius 1 is 1.27 bits per heavy atom. The van der Waals surface area contributed by atoms with Gasteiger partial charge in [0.15, 0.2) is 0 Å². The normalized spacial score (nSPS) is 15.4. The summed E-state index contributed by atoms with van der Waals surface area (Å²) in [5.41, 5.74) is -1.00. The van der Waals surface area contributed by atoms with E-state index in [1.54, 1.807) is 20.8 Å². The van der Waals surface area contributed by atoms with Crippen LogP contribution in [0.1, 0.15) is 27.2 Å². The molecular formula is C13H32N2O6P+. The van der Waals surface area contributed by atoms with E-state index in [2.05, 4.69) is 4.52 Å². The minimum Gasteiger partial charge on any atom is -0.392 e. The third-order valence-corrected chi connectivity index (χ3v) is 3.92. The van der Waals surface area contributed by atoms with E-state index in [9.17, 15) is 14.8 Å². The Morgan fingerprint density at radius 2 is 1.82 bits per heavy atom. The van der Waals surface area contributed by atoms with Crippen LogP contribution in [-0.4, -0.2) is 88.1 Å². The fourth-order valence-electron chi connectivity index (χ4n) is 2.12. The van der Waals surface area contributed by atoms with Gasteiger partial charge in [-0.05, 0) is 20.8 Å². The van der Waals surface area contributed by atoms with Crippen LogP contribution in [0.15, 0.2) is 0 Å². The van der Waals surface area contributed by atoms with Crippen LogP contribution in [-0.2, 0) is 9.09 Å². The largest absolute Gasteiger partial charge is 0.469 e. The topological polar surface area (TPSA) is 110 Å². The fraction of sp³-hybridized carbons (Fsp3) is 1.00. The maximum Gasteiger partial charge on any atom is 0.469 e. The predicted octanol–water partition coefficient (Wildman–Crippen LogP) is -0.0266. The lowest BCUT2D eigenvalue weighted by molar-refractivity contribution is -0.890. The third kappa shape index (κ3) is 11.5. The number of phosphoric acid groups is 1. The van der Waals surface area contributed by atoms with Crippen molar-refractivity contribution in [2.24, 2.45) is 0 Å². The Bertz CT molecular complexity index is 364. The number of aliphatic hydroxyl groups is 2. The SMILES string of the molecule is CC(O)CN(CCC[N+](C)(C)CCOP(=O)(O)O)C(C)(C)O. The summed E-state index contributed by atoms with van der Waals surface area (Å²) in [6.45, 7) is 7.28. The van der Waals surface area contributed by atoms with Crippen LogP contribution in [0.4, 0.5) is 0 Å². The van der Waals surface area contributed by atoms with Gasteiger partial charge < -0.3 is 24.5 Å². The van der Waals surface area contributed by atoms with Crippen molar-refractivity contribution < 1.29 is 33.6 Å². The zero-order valence-electron chi connectivity index (χ0n) is 14.3. The van der Waals surface area contributed by atoms with Crippen LogP contribution in [0.3, 0.4) is 0 Å². The van der Waals surface area contributed by atoms with E-state index in [4.69, 9.17) is 9.79 Å². The molecular weight excluding hydrogens is 311 g/mol. The molecule has 0 aliphatic heterocycles. The molecule has 9 heteroatoms. The van der Waals surface area contributed by atoms with Crippen molar-refractivity contribution in [1.82, 2.24) is 4.90 Å². The molecule has 0 aromatic heterocycles. The molecule has 0 aliphatic rings.